The van der Waals surface area contributed by atoms with Crippen molar-refractivity contribution >= 4 is 16.1 Å². The Morgan fingerprint density at radius 2 is 1.89 bits per heavy atom. The number of hydrogen-bond donors (Lipinski definition) is 0. The standard InChI is InChI=1S/C18H22N4O4S/c1-14(2)9-10-16-18(23)21(27(24,25)20(16)3)13-26-17-11-12-19-22(17)15-7-5-4-6-8-15/h4-8,10-12,14H,9,13H2,1-3H3. The number of carbonyl (C=O) groups is 1. The molecule has 1 aliphatic rings. The van der Waals surface area contributed by atoms with Crippen LogP contribution in [0.25, 0.3) is 5.69 Å². The quantitative estimate of drug-likeness (QED) is 0.706. The predicted octanol–water partition coefficient (Wildman–Crippen LogP) is 2.16. The van der Waals surface area contributed by atoms with Crippen molar-refractivity contribution in [2.24, 2.45) is 5.92 Å². The first-order valence-electron chi connectivity index (χ1n) is 8.55. The fraction of sp³-hybridized carbons (Fsp3) is 0.333. The molecule has 0 saturated carbocycles. The van der Waals surface area contributed by atoms with E-state index in [2.05, 4.69) is 5.10 Å². The number of rotatable bonds is 6. The van der Waals surface area contributed by atoms with Crippen LogP contribution >= 0.6 is 0 Å². The van der Waals surface area contributed by atoms with Gasteiger partial charge in [-0.1, -0.05) is 38.1 Å². The number of likely N-dealkylation sites (N-methyl/N-ethyl adjacent to an activating group) is 1. The average Bonchev–Trinajstić information content (AvgIpc) is 3.15. The number of carbonyl (C=O) groups excluding carboxylic acids is 1. The van der Waals surface area contributed by atoms with Gasteiger partial charge in [-0.25, -0.2) is 4.68 Å². The van der Waals surface area contributed by atoms with Gasteiger partial charge in [0.15, 0.2) is 6.73 Å². The molecule has 9 heteroatoms. The van der Waals surface area contributed by atoms with E-state index in [0.717, 1.165) is 14.3 Å². The van der Waals surface area contributed by atoms with E-state index in [1.807, 2.05) is 44.2 Å². The molecule has 0 bridgehead atoms. The number of aromatic nitrogens is 2. The normalized spacial score (nSPS) is 17.9. The minimum Gasteiger partial charge on any atom is -0.455 e. The van der Waals surface area contributed by atoms with Crippen molar-refractivity contribution < 1.29 is 17.9 Å². The Morgan fingerprint density at radius 3 is 2.56 bits per heavy atom. The van der Waals surface area contributed by atoms with Crippen LogP contribution < -0.4 is 4.74 Å². The Balaban J connectivity index is 1.80. The molecule has 1 saturated heterocycles. The number of ether oxygens (including phenoxy) is 1. The fourth-order valence-electron chi connectivity index (χ4n) is 2.62. The summed E-state index contributed by atoms with van der Waals surface area (Å²) in [6.07, 6.45) is 3.80. The van der Waals surface area contributed by atoms with Gasteiger partial charge in [0.25, 0.3) is 5.91 Å². The maximum absolute atomic E-state index is 12.6. The van der Waals surface area contributed by atoms with Crippen LogP contribution in [0.1, 0.15) is 20.3 Å². The van der Waals surface area contributed by atoms with Gasteiger partial charge in [-0.15, -0.1) is 0 Å². The van der Waals surface area contributed by atoms with Crippen LogP contribution in [-0.4, -0.2) is 46.5 Å². The Bertz CT molecular complexity index is 951. The maximum atomic E-state index is 12.6. The molecule has 27 heavy (non-hydrogen) atoms. The number of nitrogens with zero attached hydrogens (tertiary/aromatic N) is 4. The third-order valence-corrected chi connectivity index (χ3v) is 5.85. The van der Waals surface area contributed by atoms with Crippen molar-refractivity contribution in [1.29, 1.82) is 0 Å². The zero-order chi connectivity index (χ0) is 19.6. The van der Waals surface area contributed by atoms with Gasteiger partial charge in [0, 0.05) is 13.1 Å². The largest absolute Gasteiger partial charge is 0.455 e. The van der Waals surface area contributed by atoms with Crippen molar-refractivity contribution in [3.63, 3.8) is 0 Å². The lowest BCUT2D eigenvalue weighted by molar-refractivity contribution is -0.124. The van der Waals surface area contributed by atoms with Crippen molar-refractivity contribution in [2.75, 3.05) is 13.8 Å². The second-order valence-corrected chi connectivity index (χ2v) is 8.42. The summed E-state index contributed by atoms with van der Waals surface area (Å²) in [6, 6.07) is 10.9. The topological polar surface area (TPSA) is 84.7 Å². The molecular weight excluding hydrogens is 368 g/mol. The zero-order valence-corrected chi connectivity index (χ0v) is 16.3. The molecule has 1 aromatic heterocycles. The zero-order valence-electron chi connectivity index (χ0n) is 15.4. The van der Waals surface area contributed by atoms with Gasteiger partial charge in [-0.2, -0.15) is 17.8 Å². The summed E-state index contributed by atoms with van der Waals surface area (Å²) in [6.45, 7) is 3.57. The molecule has 0 aliphatic carbocycles. The van der Waals surface area contributed by atoms with E-state index in [9.17, 15) is 13.2 Å². The monoisotopic (exact) mass is 390 g/mol. The van der Waals surface area contributed by atoms with E-state index in [-0.39, 0.29) is 5.70 Å². The van der Waals surface area contributed by atoms with Crippen molar-refractivity contribution in [1.82, 2.24) is 18.4 Å². The summed E-state index contributed by atoms with van der Waals surface area (Å²) in [4.78, 5) is 12.6. The molecule has 0 unspecified atom stereocenters. The minimum absolute atomic E-state index is 0.142. The van der Waals surface area contributed by atoms with Crippen LogP contribution in [0.15, 0.2) is 54.4 Å². The summed E-state index contributed by atoms with van der Waals surface area (Å²) in [5.74, 6) is 0.0577. The SMILES string of the molecule is CC(C)CC=C1C(=O)N(COc2ccnn2-c2ccccc2)S(=O)(=O)N1C. The van der Waals surface area contributed by atoms with Crippen LogP contribution in [0, 0.1) is 5.92 Å². The summed E-state index contributed by atoms with van der Waals surface area (Å²) in [5, 5.41) is 4.18. The highest BCUT2D eigenvalue weighted by Crippen LogP contribution is 2.26. The van der Waals surface area contributed by atoms with Crippen LogP contribution in [0.3, 0.4) is 0 Å². The van der Waals surface area contributed by atoms with Crippen LogP contribution in [-0.2, 0) is 15.0 Å². The van der Waals surface area contributed by atoms with Crippen molar-refractivity contribution in [3.8, 4) is 11.6 Å². The third kappa shape index (κ3) is 3.68. The number of amides is 1. The van der Waals surface area contributed by atoms with Crippen LogP contribution in [0.4, 0.5) is 0 Å². The lowest BCUT2D eigenvalue weighted by Crippen LogP contribution is -2.36. The Labute approximate surface area is 158 Å². The maximum Gasteiger partial charge on any atom is 0.331 e. The molecule has 144 valence electrons. The minimum atomic E-state index is -3.95. The first-order valence-corrected chi connectivity index (χ1v) is 9.95. The van der Waals surface area contributed by atoms with Gasteiger partial charge in [0.2, 0.25) is 5.88 Å². The van der Waals surface area contributed by atoms with E-state index < -0.39 is 22.8 Å². The highest BCUT2D eigenvalue weighted by molar-refractivity contribution is 7.88. The first-order chi connectivity index (χ1) is 12.8. The Kier molecular flexibility index (Phi) is 5.22. The lowest BCUT2D eigenvalue weighted by Gasteiger charge is -2.17. The van der Waals surface area contributed by atoms with E-state index in [1.54, 1.807) is 18.3 Å². The molecule has 2 aromatic rings. The number of hydrogen-bond acceptors (Lipinski definition) is 5. The van der Waals surface area contributed by atoms with Crippen LogP contribution in [0.5, 0.6) is 5.88 Å². The molecule has 0 radical (unpaired) electrons. The molecule has 0 N–H and O–H groups in total. The number of benzene rings is 1. The molecular formula is C18H22N4O4S. The molecule has 0 spiro atoms. The Morgan fingerprint density at radius 1 is 1.19 bits per heavy atom. The van der Waals surface area contributed by atoms with E-state index in [1.165, 1.54) is 11.7 Å². The summed E-state index contributed by atoms with van der Waals surface area (Å²) < 4.78 is 34.0. The molecule has 1 aliphatic heterocycles. The smallest absolute Gasteiger partial charge is 0.331 e. The molecule has 0 atom stereocenters. The molecule has 1 fully saturated rings. The number of para-hydroxylation sites is 1. The van der Waals surface area contributed by atoms with Gasteiger partial charge >= 0.3 is 10.2 Å². The molecule has 2 heterocycles. The fourth-order valence-corrected chi connectivity index (χ4v) is 3.80. The molecule has 1 aromatic carbocycles. The highest BCUT2D eigenvalue weighted by atomic mass is 32.2. The van der Waals surface area contributed by atoms with Crippen LogP contribution in [0.2, 0.25) is 0 Å². The van der Waals surface area contributed by atoms with E-state index in [0.29, 0.717) is 18.2 Å². The number of allylic oxidation sites excluding steroid dienone is 1. The van der Waals surface area contributed by atoms with Gasteiger partial charge in [0.05, 0.1) is 11.9 Å². The van der Waals surface area contributed by atoms with Gasteiger partial charge in [-0.3, -0.25) is 9.10 Å². The van der Waals surface area contributed by atoms with Gasteiger partial charge in [-0.05, 0) is 24.5 Å². The van der Waals surface area contributed by atoms with Crippen molar-refractivity contribution in [3.05, 3.63) is 54.4 Å². The molecule has 1 amide bonds. The molecule has 3 rings (SSSR count). The summed E-state index contributed by atoms with van der Waals surface area (Å²) in [5.41, 5.74) is 0.909. The molecule has 8 nitrogen and oxygen atoms in total. The first kappa shape index (κ1) is 19.0. The van der Waals surface area contributed by atoms with Crippen molar-refractivity contribution in [2.45, 2.75) is 20.3 Å². The Hall–Kier alpha value is -2.81. The second-order valence-electron chi connectivity index (χ2n) is 6.54. The van der Waals surface area contributed by atoms with E-state index in [4.69, 9.17) is 4.74 Å². The van der Waals surface area contributed by atoms with Gasteiger partial charge in [0.1, 0.15) is 5.70 Å². The van der Waals surface area contributed by atoms with Gasteiger partial charge < -0.3 is 4.74 Å². The van der Waals surface area contributed by atoms with E-state index >= 15 is 0 Å². The predicted molar refractivity (Wildman–Crippen MR) is 100 cm³/mol. The second kappa shape index (κ2) is 7.43. The highest BCUT2D eigenvalue weighted by Gasteiger charge is 2.44. The summed E-state index contributed by atoms with van der Waals surface area (Å²) in [7, 11) is -2.58. The third-order valence-electron chi connectivity index (χ3n) is 4.13. The average molecular weight is 390 g/mol. The summed E-state index contributed by atoms with van der Waals surface area (Å²) >= 11 is 0. The lowest BCUT2D eigenvalue weighted by atomic mass is 10.1.